The summed E-state index contributed by atoms with van der Waals surface area (Å²) in [5, 5.41) is 10.9. The molecule has 9 nitrogen and oxygen atoms in total. The van der Waals surface area contributed by atoms with Crippen LogP contribution in [0.15, 0.2) is 23.1 Å². The molecule has 1 aliphatic heterocycles. The Morgan fingerprint density at radius 2 is 1.96 bits per heavy atom. The Morgan fingerprint density at radius 1 is 1.30 bits per heavy atom. The van der Waals surface area contributed by atoms with Gasteiger partial charge in [0.05, 0.1) is 15.7 Å². The number of carbonyl (C=O) groups is 2. The minimum Gasteiger partial charge on any atom is -0.339 e. The van der Waals surface area contributed by atoms with Gasteiger partial charge in [-0.25, -0.2) is 13.1 Å². The number of nitrogens with zero attached hydrogens (tertiary/aromatic N) is 2. The van der Waals surface area contributed by atoms with Crippen LogP contribution in [0.25, 0.3) is 0 Å². The van der Waals surface area contributed by atoms with Crippen molar-refractivity contribution in [3.63, 3.8) is 0 Å². The average molecular weight is 395 g/mol. The molecule has 0 bridgehead atoms. The van der Waals surface area contributed by atoms with Crippen LogP contribution in [0, 0.1) is 23.0 Å². The Morgan fingerprint density at radius 3 is 2.59 bits per heavy atom. The van der Waals surface area contributed by atoms with E-state index in [2.05, 4.69) is 0 Å². The van der Waals surface area contributed by atoms with Crippen molar-refractivity contribution in [1.29, 1.82) is 0 Å². The molecule has 0 aromatic heterocycles. The molecule has 3 rings (SSSR count). The molecule has 1 aromatic carbocycles. The Labute approximate surface area is 156 Å². The van der Waals surface area contributed by atoms with Gasteiger partial charge in [0, 0.05) is 31.1 Å². The van der Waals surface area contributed by atoms with E-state index in [1.54, 1.807) is 4.90 Å². The summed E-state index contributed by atoms with van der Waals surface area (Å²) in [6, 6.07) is 3.57. The molecule has 1 heterocycles. The third-order valence-electron chi connectivity index (χ3n) is 5.20. The second-order valence-electron chi connectivity index (χ2n) is 7.06. The minimum absolute atomic E-state index is 0.0221. The maximum Gasteiger partial charge on any atom is 0.270 e. The standard InChI is InChI=1S/C17H21N3O6S/c1-11-6-7-14(20(23)24)9-15(11)27(25,26)18-17(22)12-8-16(21)19(10-12)13-4-2-3-5-13/h6-7,9,12-13H,2-5,8,10H2,1H3,(H,18,22). The maximum atomic E-state index is 12.6. The molecule has 0 spiro atoms. The van der Waals surface area contributed by atoms with Gasteiger partial charge in [0.1, 0.15) is 0 Å². The smallest absolute Gasteiger partial charge is 0.270 e. The summed E-state index contributed by atoms with van der Waals surface area (Å²) >= 11 is 0. The first kappa shape index (κ1) is 19.3. The van der Waals surface area contributed by atoms with Gasteiger partial charge in [-0.1, -0.05) is 18.9 Å². The summed E-state index contributed by atoms with van der Waals surface area (Å²) in [5.74, 6) is -1.63. The van der Waals surface area contributed by atoms with Gasteiger partial charge >= 0.3 is 0 Å². The summed E-state index contributed by atoms with van der Waals surface area (Å²) in [7, 11) is -4.27. The molecule has 1 atom stereocenters. The van der Waals surface area contributed by atoms with Crippen LogP contribution in [0.4, 0.5) is 5.69 Å². The van der Waals surface area contributed by atoms with Gasteiger partial charge in [0.2, 0.25) is 11.8 Å². The normalized spacial score (nSPS) is 20.9. The number of amides is 2. The van der Waals surface area contributed by atoms with Gasteiger partial charge in [-0.3, -0.25) is 19.7 Å². The van der Waals surface area contributed by atoms with Gasteiger partial charge in [-0.05, 0) is 25.3 Å². The summed E-state index contributed by atoms with van der Waals surface area (Å²) in [4.78, 5) is 36.2. The fourth-order valence-electron chi connectivity index (χ4n) is 3.74. The Kier molecular flexibility index (Phi) is 5.18. The average Bonchev–Trinajstić information content (AvgIpc) is 3.23. The van der Waals surface area contributed by atoms with Crippen molar-refractivity contribution in [2.45, 2.75) is 50.0 Å². The first-order valence-corrected chi connectivity index (χ1v) is 10.3. The Balaban J connectivity index is 1.74. The van der Waals surface area contributed by atoms with Crippen LogP contribution in [0.2, 0.25) is 0 Å². The molecule has 1 saturated carbocycles. The third-order valence-corrected chi connectivity index (χ3v) is 6.69. The first-order valence-electron chi connectivity index (χ1n) is 8.80. The fraction of sp³-hybridized carbons (Fsp3) is 0.529. The molecule has 1 aliphatic carbocycles. The number of carbonyl (C=O) groups excluding carboxylic acids is 2. The summed E-state index contributed by atoms with van der Waals surface area (Å²) in [6.45, 7) is 1.70. The van der Waals surface area contributed by atoms with Crippen LogP contribution in [0.3, 0.4) is 0 Å². The molecule has 0 radical (unpaired) electrons. The lowest BCUT2D eigenvalue weighted by Crippen LogP contribution is -2.39. The molecule has 27 heavy (non-hydrogen) atoms. The number of non-ortho nitro benzene ring substituents is 1. The largest absolute Gasteiger partial charge is 0.339 e. The van der Waals surface area contributed by atoms with Crippen molar-refractivity contribution in [3.8, 4) is 0 Å². The topological polar surface area (TPSA) is 127 Å². The highest BCUT2D eigenvalue weighted by atomic mass is 32.2. The molecular formula is C17H21N3O6S. The van der Waals surface area contributed by atoms with Gasteiger partial charge in [0.25, 0.3) is 15.7 Å². The van der Waals surface area contributed by atoms with Gasteiger partial charge in [-0.2, -0.15) is 0 Å². The number of likely N-dealkylation sites (tertiary alicyclic amines) is 1. The minimum atomic E-state index is -4.27. The van der Waals surface area contributed by atoms with Crippen molar-refractivity contribution in [3.05, 3.63) is 33.9 Å². The first-order chi connectivity index (χ1) is 12.7. The number of sulfonamides is 1. The zero-order valence-corrected chi connectivity index (χ0v) is 15.7. The van der Waals surface area contributed by atoms with E-state index in [4.69, 9.17) is 0 Å². The Hall–Kier alpha value is -2.49. The third kappa shape index (κ3) is 3.95. The van der Waals surface area contributed by atoms with E-state index < -0.39 is 26.8 Å². The van der Waals surface area contributed by atoms with Crippen LogP contribution in [-0.2, 0) is 19.6 Å². The quantitative estimate of drug-likeness (QED) is 0.595. The number of hydrogen-bond donors (Lipinski definition) is 1. The van der Waals surface area contributed by atoms with Crippen molar-refractivity contribution in [2.75, 3.05) is 6.54 Å². The molecular weight excluding hydrogens is 374 g/mol. The zero-order chi connectivity index (χ0) is 19.8. The van der Waals surface area contributed by atoms with E-state index in [0.29, 0.717) is 0 Å². The van der Waals surface area contributed by atoms with Crippen molar-refractivity contribution < 1.29 is 22.9 Å². The van der Waals surface area contributed by atoms with Crippen LogP contribution in [0.1, 0.15) is 37.7 Å². The number of rotatable bonds is 5. The second kappa shape index (κ2) is 7.26. The number of aryl methyl sites for hydroxylation is 1. The van der Waals surface area contributed by atoms with Gasteiger partial charge in [-0.15, -0.1) is 0 Å². The summed E-state index contributed by atoms with van der Waals surface area (Å²) < 4.78 is 27.1. The lowest BCUT2D eigenvalue weighted by molar-refractivity contribution is -0.385. The van der Waals surface area contributed by atoms with Crippen LogP contribution >= 0.6 is 0 Å². The molecule has 10 heteroatoms. The molecule has 1 N–H and O–H groups in total. The van der Waals surface area contributed by atoms with Crippen molar-refractivity contribution in [2.24, 2.45) is 5.92 Å². The molecule has 1 aromatic rings. The highest BCUT2D eigenvalue weighted by Crippen LogP contribution is 2.30. The molecule has 2 amide bonds. The fourth-order valence-corrected chi connectivity index (χ4v) is 5.05. The lowest BCUT2D eigenvalue weighted by Gasteiger charge is -2.23. The number of nitro benzene ring substituents is 1. The lowest BCUT2D eigenvalue weighted by atomic mass is 10.1. The Bertz CT molecular complexity index is 892. The van der Waals surface area contributed by atoms with Crippen LogP contribution < -0.4 is 4.72 Å². The molecule has 1 saturated heterocycles. The molecule has 1 unspecified atom stereocenters. The van der Waals surface area contributed by atoms with E-state index >= 15 is 0 Å². The van der Waals surface area contributed by atoms with E-state index in [1.165, 1.54) is 19.1 Å². The maximum absolute atomic E-state index is 12.6. The predicted octanol–water partition coefficient (Wildman–Crippen LogP) is 1.50. The number of nitro groups is 1. The highest BCUT2D eigenvalue weighted by molar-refractivity contribution is 7.90. The van der Waals surface area contributed by atoms with E-state index in [-0.39, 0.29) is 41.1 Å². The second-order valence-corrected chi connectivity index (χ2v) is 8.71. The predicted molar refractivity (Wildman–Crippen MR) is 95.2 cm³/mol. The van der Waals surface area contributed by atoms with Crippen molar-refractivity contribution >= 4 is 27.5 Å². The molecule has 146 valence electrons. The van der Waals surface area contributed by atoms with Crippen molar-refractivity contribution in [1.82, 2.24) is 9.62 Å². The molecule has 2 fully saturated rings. The molecule has 2 aliphatic rings. The van der Waals surface area contributed by atoms with E-state index in [1.807, 2.05) is 4.72 Å². The monoisotopic (exact) mass is 395 g/mol. The summed E-state index contributed by atoms with van der Waals surface area (Å²) in [5.41, 5.74) is -0.0899. The van der Waals surface area contributed by atoms with E-state index in [9.17, 15) is 28.1 Å². The number of hydrogen-bond acceptors (Lipinski definition) is 6. The van der Waals surface area contributed by atoms with E-state index in [0.717, 1.165) is 31.7 Å². The zero-order valence-electron chi connectivity index (χ0n) is 14.9. The highest BCUT2D eigenvalue weighted by Gasteiger charge is 2.40. The SMILES string of the molecule is Cc1ccc([N+](=O)[O-])cc1S(=O)(=O)NC(=O)C1CC(=O)N(C2CCCC2)C1. The van der Waals surface area contributed by atoms with Gasteiger partial charge in [0.15, 0.2) is 0 Å². The number of nitrogens with one attached hydrogen (secondary N) is 1. The van der Waals surface area contributed by atoms with Crippen LogP contribution in [-0.4, -0.2) is 42.6 Å². The number of benzene rings is 1. The van der Waals surface area contributed by atoms with Crippen LogP contribution in [0.5, 0.6) is 0 Å². The van der Waals surface area contributed by atoms with Gasteiger partial charge < -0.3 is 4.90 Å². The summed E-state index contributed by atoms with van der Waals surface area (Å²) in [6.07, 6.45) is 3.89.